The molecule has 7 nitrogen and oxygen atoms in total. The van der Waals surface area contributed by atoms with E-state index in [2.05, 4.69) is 16.2 Å². The van der Waals surface area contributed by atoms with E-state index in [-0.39, 0.29) is 11.8 Å². The maximum atomic E-state index is 12.3. The van der Waals surface area contributed by atoms with E-state index in [0.29, 0.717) is 17.0 Å². The van der Waals surface area contributed by atoms with Gasteiger partial charge in [-0.3, -0.25) is 25.2 Å². The van der Waals surface area contributed by atoms with Gasteiger partial charge in [0, 0.05) is 28.8 Å². The SMILES string of the molecule is COc1ccccc1/C=C/C(=O)NNC(=O)c1ccc(NC(=O)C2CCCCC2)cc1. The van der Waals surface area contributed by atoms with Crippen LogP contribution in [-0.4, -0.2) is 24.8 Å². The second-order valence-corrected chi connectivity index (χ2v) is 7.42. The van der Waals surface area contributed by atoms with E-state index in [1.54, 1.807) is 43.5 Å². The molecule has 1 saturated carbocycles. The van der Waals surface area contributed by atoms with Crippen LogP contribution in [0.3, 0.4) is 0 Å². The molecule has 0 bridgehead atoms. The third-order valence-electron chi connectivity index (χ3n) is 5.24. The molecular weight excluding hydrogens is 394 g/mol. The summed E-state index contributed by atoms with van der Waals surface area (Å²) in [6, 6.07) is 13.8. The van der Waals surface area contributed by atoms with Crippen molar-refractivity contribution < 1.29 is 19.1 Å². The first-order valence-corrected chi connectivity index (χ1v) is 10.4. The zero-order valence-corrected chi connectivity index (χ0v) is 17.5. The van der Waals surface area contributed by atoms with Gasteiger partial charge < -0.3 is 10.1 Å². The lowest BCUT2D eigenvalue weighted by molar-refractivity contribution is -0.120. The lowest BCUT2D eigenvalue weighted by Crippen LogP contribution is -2.40. The number of nitrogens with one attached hydrogen (secondary N) is 3. The van der Waals surface area contributed by atoms with Gasteiger partial charge in [-0.25, -0.2) is 0 Å². The molecule has 0 radical (unpaired) electrons. The van der Waals surface area contributed by atoms with Crippen molar-refractivity contribution in [2.75, 3.05) is 12.4 Å². The van der Waals surface area contributed by atoms with E-state index in [0.717, 1.165) is 31.2 Å². The predicted molar refractivity (Wildman–Crippen MR) is 119 cm³/mol. The van der Waals surface area contributed by atoms with E-state index >= 15 is 0 Å². The molecule has 3 amide bonds. The Bertz CT molecular complexity index is 948. The highest BCUT2D eigenvalue weighted by Gasteiger charge is 2.21. The van der Waals surface area contributed by atoms with Crippen LogP contribution in [0, 0.1) is 5.92 Å². The van der Waals surface area contributed by atoms with Gasteiger partial charge in [-0.2, -0.15) is 0 Å². The summed E-state index contributed by atoms with van der Waals surface area (Å²) < 4.78 is 5.22. The summed E-state index contributed by atoms with van der Waals surface area (Å²) in [5.41, 5.74) is 6.47. The number of anilines is 1. The Morgan fingerprint density at radius 1 is 0.935 bits per heavy atom. The van der Waals surface area contributed by atoms with Crippen LogP contribution in [0.4, 0.5) is 5.69 Å². The average Bonchev–Trinajstić information content (AvgIpc) is 2.82. The summed E-state index contributed by atoms with van der Waals surface area (Å²) in [7, 11) is 1.56. The van der Waals surface area contributed by atoms with E-state index < -0.39 is 11.8 Å². The summed E-state index contributed by atoms with van der Waals surface area (Å²) in [6.45, 7) is 0. The van der Waals surface area contributed by atoms with E-state index in [1.165, 1.54) is 12.5 Å². The number of methoxy groups -OCH3 is 1. The minimum Gasteiger partial charge on any atom is -0.496 e. The summed E-state index contributed by atoms with van der Waals surface area (Å²) in [6.07, 6.45) is 8.15. The molecule has 0 spiro atoms. The first-order chi connectivity index (χ1) is 15.1. The molecule has 0 aliphatic heterocycles. The fourth-order valence-electron chi connectivity index (χ4n) is 3.52. The second kappa shape index (κ2) is 11.0. The van der Waals surface area contributed by atoms with Gasteiger partial charge in [0.15, 0.2) is 0 Å². The molecule has 3 N–H and O–H groups in total. The monoisotopic (exact) mass is 421 g/mol. The second-order valence-electron chi connectivity index (χ2n) is 7.42. The number of hydrazine groups is 1. The van der Waals surface area contributed by atoms with Crippen LogP contribution in [0.2, 0.25) is 0 Å². The molecule has 7 heteroatoms. The topological polar surface area (TPSA) is 96.5 Å². The van der Waals surface area contributed by atoms with Crippen molar-refractivity contribution in [2.45, 2.75) is 32.1 Å². The van der Waals surface area contributed by atoms with E-state index in [1.807, 2.05) is 18.2 Å². The molecule has 31 heavy (non-hydrogen) atoms. The van der Waals surface area contributed by atoms with Gasteiger partial charge in [0.25, 0.3) is 11.8 Å². The molecule has 1 fully saturated rings. The molecule has 0 atom stereocenters. The van der Waals surface area contributed by atoms with Gasteiger partial charge in [-0.05, 0) is 49.2 Å². The molecule has 162 valence electrons. The van der Waals surface area contributed by atoms with Gasteiger partial charge in [0.1, 0.15) is 5.75 Å². The Kier molecular flexibility index (Phi) is 7.81. The molecular formula is C24H27N3O4. The number of ether oxygens (including phenoxy) is 1. The van der Waals surface area contributed by atoms with Crippen LogP contribution in [0.5, 0.6) is 5.75 Å². The number of carbonyl (C=O) groups excluding carboxylic acids is 3. The molecule has 0 unspecified atom stereocenters. The summed E-state index contributed by atoms with van der Waals surface area (Å²) in [5.74, 6) is -0.187. The number of amides is 3. The number of hydrogen-bond acceptors (Lipinski definition) is 4. The van der Waals surface area contributed by atoms with Crippen LogP contribution in [0.25, 0.3) is 6.08 Å². The summed E-state index contributed by atoms with van der Waals surface area (Å²) in [5, 5.41) is 2.91. The van der Waals surface area contributed by atoms with E-state index in [9.17, 15) is 14.4 Å². The zero-order chi connectivity index (χ0) is 22.1. The Hall–Kier alpha value is -3.61. The van der Waals surface area contributed by atoms with Crippen LogP contribution in [0.1, 0.15) is 48.0 Å². The van der Waals surface area contributed by atoms with Crippen LogP contribution >= 0.6 is 0 Å². The molecule has 3 rings (SSSR count). The zero-order valence-electron chi connectivity index (χ0n) is 17.5. The quantitative estimate of drug-likeness (QED) is 0.490. The van der Waals surface area contributed by atoms with Crippen molar-refractivity contribution in [3.63, 3.8) is 0 Å². The highest BCUT2D eigenvalue weighted by molar-refractivity contribution is 5.99. The normalized spacial score (nSPS) is 14.1. The first kappa shape index (κ1) is 22.1. The summed E-state index contributed by atoms with van der Waals surface area (Å²) >= 11 is 0. The van der Waals surface area contributed by atoms with Crippen molar-refractivity contribution in [3.8, 4) is 5.75 Å². The molecule has 2 aromatic rings. The third-order valence-corrected chi connectivity index (χ3v) is 5.24. The number of benzene rings is 2. The Labute approximate surface area is 181 Å². The van der Waals surface area contributed by atoms with Crippen molar-refractivity contribution in [1.82, 2.24) is 10.9 Å². The fraction of sp³-hybridized carbons (Fsp3) is 0.292. The highest BCUT2D eigenvalue weighted by Crippen LogP contribution is 2.25. The predicted octanol–water partition coefficient (Wildman–Crippen LogP) is 3.69. The van der Waals surface area contributed by atoms with Crippen LogP contribution in [0.15, 0.2) is 54.6 Å². The molecule has 0 heterocycles. The minimum atomic E-state index is -0.476. The van der Waals surface area contributed by atoms with Gasteiger partial charge >= 0.3 is 0 Å². The van der Waals surface area contributed by atoms with Gasteiger partial charge in [0.05, 0.1) is 7.11 Å². The first-order valence-electron chi connectivity index (χ1n) is 10.4. The minimum absolute atomic E-state index is 0.0333. The Morgan fingerprint density at radius 2 is 1.65 bits per heavy atom. The smallest absolute Gasteiger partial charge is 0.269 e. The maximum absolute atomic E-state index is 12.3. The van der Waals surface area contributed by atoms with Crippen molar-refractivity contribution in [3.05, 3.63) is 65.7 Å². The van der Waals surface area contributed by atoms with Crippen LogP contribution < -0.4 is 20.9 Å². The fourth-order valence-corrected chi connectivity index (χ4v) is 3.52. The largest absolute Gasteiger partial charge is 0.496 e. The number of rotatable bonds is 6. The van der Waals surface area contributed by atoms with Crippen molar-refractivity contribution in [1.29, 1.82) is 0 Å². The van der Waals surface area contributed by atoms with E-state index in [4.69, 9.17) is 4.74 Å². The Morgan fingerprint density at radius 3 is 2.35 bits per heavy atom. The van der Waals surface area contributed by atoms with Crippen molar-refractivity contribution >= 4 is 29.5 Å². The average molecular weight is 421 g/mol. The molecule has 1 aliphatic rings. The third kappa shape index (κ3) is 6.44. The summed E-state index contributed by atoms with van der Waals surface area (Å²) in [4.78, 5) is 36.5. The lowest BCUT2D eigenvalue weighted by atomic mass is 9.88. The number of hydrogen-bond donors (Lipinski definition) is 3. The van der Waals surface area contributed by atoms with Crippen molar-refractivity contribution in [2.24, 2.45) is 5.92 Å². The lowest BCUT2D eigenvalue weighted by Gasteiger charge is -2.20. The highest BCUT2D eigenvalue weighted by atomic mass is 16.5. The van der Waals surface area contributed by atoms with Gasteiger partial charge in [0.2, 0.25) is 5.91 Å². The Balaban J connectivity index is 1.48. The maximum Gasteiger partial charge on any atom is 0.269 e. The molecule has 2 aromatic carbocycles. The van der Waals surface area contributed by atoms with Gasteiger partial charge in [-0.15, -0.1) is 0 Å². The standard InChI is InChI=1S/C24H27N3O4/c1-31-21-10-6-5-7-17(21)13-16-22(28)26-27-24(30)19-11-14-20(15-12-19)25-23(29)18-8-3-2-4-9-18/h5-7,10-16,18H,2-4,8-9H2,1H3,(H,25,29)(H,26,28)(H,27,30)/b16-13+. The molecule has 0 saturated heterocycles. The van der Waals surface area contributed by atoms with Gasteiger partial charge in [-0.1, -0.05) is 37.5 Å². The number of para-hydroxylation sites is 1. The molecule has 1 aliphatic carbocycles. The van der Waals surface area contributed by atoms with Crippen LogP contribution in [-0.2, 0) is 9.59 Å². The molecule has 0 aromatic heterocycles. The number of carbonyl (C=O) groups is 3.